The summed E-state index contributed by atoms with van der Waals surface area (Å²) in [7, 11) is 0. The molecule has 1 N–H and O–H groups in total. The standard InChI is InChI=1S/C13H25N3O/c1-4-6-17-7-5-16-10-13(15-11-16)9-14-8-12(2)3/h10-12,14H,4-9H2,1-3H3. The van der Waals surface area contributed by atoms with Crippen molar-refractivity contribution in [3.8, 4) is 0 Å². The van der Waals surface area contributed by atoms with Gasteiger partial charge >= 0.3 is 0 Å². The van der Waals surface area contributed by atoms with Crippen LogP contribution in [0, 0.1) is 5.92 Å². The molecule has 0 aromatic carbocycles. The Hall–Kier alpha value is -0.870. The summed E-state index contributed by atoms with van der Waals surface area (Å²) in [6.45, 7) is 10.9. The Kier molecular flexibility index (Phi) is 6.89. The summed E-state index contributed by atoms with van der Waals surface area (Å²) in [5.74, 6) is 0.680. The van der Waals surface area contributed by atoms with E-state index in [0.717, 1.165) is 45.0 Å². The molecule has 4 heteroatoms. The molecule has 0 saturated carbocycles. The summed E-state index contributed by atoms with van der Waals surface area (Å²) in [5, 5.41) is 3.38. The molecule has 4 nitrogen and oxygen atoms in total. The van der Waals surface area contributed by atoms with Crippen LogP contribution in [0.3, 0.4) is 0 Å². The van der Waals surface area contributed by atoms with E-state index in [1.807, 2.05) is 6.33 Å². The SMILES string of the molecule is CCCOCCn1cnc(CNCC(C)C)c1. The van der Waals surface area contributed by atoms with E-state index in [0.29, 0.717) is 5.92 Å². The Labute approximate surface area is 104 Å². The number of ether oxygens (including phenoxy) is 1. The first kappa shape index (κ1) is 14.2. The first-order valence-corrected chi connectivity index (χ1v) is 6.51. The number of nitrogens with zero attached hydrogens (tertiary/aromatic N) is 2. The van der Waals surface area contributed by atoms with E-state index in [9.17, 15) is 0 Å². The molecule has 17 heavy (non-hydrogen) atoms. The Morgan fingerprint density at radius 3 is 2.94 bits per heavy atom. The Balaban J connectivity index is 2.18. The molecule has 0 fully saturated rings. The Morgan fingerprint density at radius 2 is 2.24 bits per heavy atom. The molecule has 0 aliphatic heterocycles. The van der Waals surface area contributed by atoms with Gasteiger partial charge < -0.3 is 14.6 Å². The fourth-order valence-electron chi connectivity index (χ4n) is 1.53. The van der Waals surface area contributed by atoms with Gasteiger partial charge in [-0.1, -0.05) is 20.8 Å². The third-order valence-electron chi connectivity index (χ3n) is 2.39. The first-order valence-electron chi connectivity index (χ1n) is 6.51. The Morgan fingerprint density at radius 1 is 1.41 bits per heavy atom. The molecule has 0 aliphatic rings. The Bertz CT molecular complexity index is 297. The minimum Gasteiger partial charge on any atom is -0.380 e. The third kappa shape index (κ3) is 6.44. The lowest BCUT2D eigenvalue weighted by Gasteiger charge is -2.05. The molecule has 0 unspecified atom stereocenters. The summed E-state index contributed by atoms with van der Waals surface area (Å²) in [5.41, 5.74) is 1.10. The lowest BCUT2D eigenvalue weighted by molar-refractivity contribution is 0.127. The van der Waals surface area contributed by atoms with Gasteiger partial charge in [-0.3, -0.25) is 0 Å². The van der Waals surface area contributed by atoms with Gasteiger partial charge in [0.1, 0.15) is 0 Å². The lowest BCUT2D eigenvalue weighted by atomic mass is 10.2. The van der Waals surface area contributed by atoms with Gasteiger partial charge in [0.05, 0.1) is 18.6 Å². The second-order valence-corrected chi connectivity index (χ2v) is 4.74. The molecule has 98 valence electrons. The molecular formula is C13H25N3O. The summed E-state index contributed by atoms with van der Waals surface area (Å²) < 4.78 is 7.53. The van der Waals surface area contributed by atoms with Crippen molar-refractivity contribution in [3.05, 3.63) is 18.2 Å². The zero-order valence-corrected chi connectivity index (χ0v) is 11.3. The monoisotopic (exact) mass is 239 g/mol. The molecule has 0 aliphatic carbocycles. The van der Waals surface area contributed by atoms with Gasteiger partial charge in [-0.05, 0) is 18.9 Å². The van der Waals surface area contributed by atoms with Gasteiger partial charge in [-0.25, -0.2) is 4.98 Å². The highest BCUT2D eigenvalue weighted by Gasteiger charge is 1.99. The van der Waals surface area contributed by atoms with Crippen molar-refractivity contribution in [1.82, 2.24) is 14.9 Å². The van der Waals surface area contributed by atoms with Crippen molar-refractivity contribution < 1.29 is 4.74 Å². The van der Waals surface area contributed by atoms with Crippen LogP contribution >= 0.6 is 0 Å². The van der Waals surface area contributed by atoms with Crippen LogP contribution in [0.5, 0.6) is 0 Å². The molecule has 0 radical (unpaired) electrons. The van der Waals surface area contributed by atoms with E-state index < -0.39 is 0 Å². The highest BCUT2D eigenvalue weighted by molar-refractivity contribution is 4.96. The summed E-state index contributed by atoms with van der Waals surface area (Å²) in [6, 6.07) is 0. The van der Waals surface area contributed by atoms with Gasteiger partial charge in [0, 0.05) is 25.9 Å². The van der Waals surface area contributed by atoms with Crippen LogP contribution in [0.2, 0.25) is 0 Å². The molecule has 0 saturated heterocycles. The number of hydrogen-bond donors (Lipinski definition) is 1. The second kappa shape index (κ2) is 8.25. The van der Waals surface area contributed by atoms with Gasteiger partial charge in [-0.2, -0.15) is 0 Å². The fraction of sp³-hybridized carbons (Fsp3) is 0.769. The number of hydrogen-bond acceptors (Lipinski definition) is 3. The van der Waals surface area contributed by atoms with Crippen LogP contribution in [-0.4, -0.2) is 29.3 Å². The lowest BCUT2D eigenvalue weighted by Crippen LogP contribution is -2.19. The molecule has 0 bridgehead atoms. The zero-order chi connectivity index (χ0) is 12.5. The van der Waals surface area contributed by atoms with Crippen LogP contribution in [0.15, 0.2) is 12.5 Å². The van der Waals surface area contributed by atoms with Crippen LogP contribution < -0.4 is 5.32 Å². The van der Waals surface area contributed by atoms with Gasteiger partial charge in [0.25, 0.3) is 0 Å². The minimum atomic E-state index is 0.680. The molecule has 0 atom stereocenters. The average Bonchev–Trinajstić information content (AvgIpc) is 2.72. The quantitative estimate of drug-likeness (QED) is 0.670. The van der Waals surface area contributed by atoms with Crippen molar-refractivity contribution in [1.29, 1.82) is 0 Å². The summed E-state index contributed by atoms with van der Waals surface area (Å²) in [4.78, 5) is 4.36. The second-order valence-electron chi connectivity index (χ2n) is 4.74. The zero-order valence-electron chi connectivity index (χ0n) is 11.3. The normalized spacial score (nSPS) is 11.3. The molecule has 1 aromatic rings. The van der Waals surface area contributed by atoms with Gasteiger partial charge in [0.15, 0.2) is 0 Å². The van der Waals surface area contributed by atoms with Crippen molar-refractivity contribution >= 4 is 0 Å². The highest BCUT2D eigenvalue weighted by Crippen LogP contribution is 1.97. The number of aromatic nitrogens is 2. The molecular weight excluding hydrogens is 214 g/mol. The van der Waals surface area contributed by atoms with E-state index in [-0.39, 0.29) is 0 Å². The predicted molar refractivity (Wildman–Crippen MR) is 69.9 cm³/mol. The average molecular weight is 239 g/mol. The van der Waals surface area contributed by atoms with Crippen LogP contribution in [0.4, 0.5) is 0 Å². The van der Waals surface area contributed by atoms with E-state index >= 15 is 0 Å². The van der Waals surface area contributed by atoms with Crippen LogP contribution in [0.25, 0.3) is 0 Å². The van der Waals surface area contributed by atoms with Crippen molar-refractivity contribution in [2.75, 3.05) is 19.8 Å². The highest BCUT2D eigenvalue weighted by atomic mass is 16.5. The van der Waals surface area contributed by atoms with E-state index in [1.165, 1.54) is 0 Å². The molecule has 1 heterocycles. The van der Waals surface area contributed by atoms with Gasteiger partial charge in [0.2, 0.25) is 0 Å². The fourth-order valence-corrected chi connectivity index (χ4v) is 1.53. The smallest absolute Gasteiger partial charge is 0.0950 e. The largest absolute Gasteiger partial charge is 0.380 e. The number of imidazole rings is 1. The van der Waals surface area contributed by atoms with Crippen molar-refractivity contribution in [3.63, 3.8) is 0 Å². The maximum Gasteiger partial charge on any atom is 0.0950 e. The van der Waals surface area contributed by atoms with Gasteiger partial charge in [-0.15, -0.1) is 0 Å². The predicted octanol–water partition coefficient (Wildman–Crippen LogP) is 2.06. The van der Waals surface area contributed by atoms with E-state index in [1.54, 1.807) is 0 Å². The first-order chi connectivity index (χ1) is 8.22. The van der Waals surface area contributed by atoms with Crippen molar-refractivity contribution in [2.45, 2.75) is 40.3 Å². The topological polar surface area (TPSA) is 39.1 Å². The van der Waals surface area contributed by atoms with Crippen molar-refractivity contribution in [2.24, 2.45) is 5.92 Å². The summed E-state index contributed by atoms with van der Waals surface area (Å²) >= 11 is 0. The third-order valence-corrected chi connectivity index (χ3v) is 2.39. The van der Waals surface area contributed by atoms with E-state index in [4.69, 9.17) is 4.74 Å². The minimum absolute atomic E-state index is 0.680. The summed E-state index contributed by atoms with van der Waals surface area (Å²) in [6.07, 6.45) is 5.04. The number of rotatable bonds is 9. The number of nitrogens with one attached hydrogen (secondary N) is 1. The molecule has 1 rings (SSSR count). The van der Waals surface area contributed by atoms with Crippen LogP contribution in [0.1, 0.15) is 32.9 Å². The maximum atomic E-state index is 5.44. The van der Waals surface area contributed by atoms with Crippen LogP contribution in [-0.2, 0) is 17.8 Å². The molecule has 0 spiro atoms. The maximum absolute atomic E-state index is 5.44. The molecule has 0 amide bonds. The molecule has 1 aromatic heterocycles. The van der Waals surface area contributed by atoms with E-state index in [2.05, 4.69) is 41.8 Å².